The molecule has 0 saturated carbocycles. The van der Waals surface area contributed by atoms with Crippen LogP contribution >= 0.6 is 0 Å². The first-order valence-electron chi connectivity index (χ1n) is 5.92. The van der Waals surface area contributed by atoms with E-state index in [2.05, 4.69) is 0 Å². The molecule has 1 aromatic carbocycles. The molecule has 9 heteroatoms. The second-order valence-corrected chi connectivity index (χ2v) is 6.45. The highest BCUT2D eigenvalue weighted by atomic mass is 32.2. The van der Waals surface area contributed by atoms with Gasteiger partial charge in [0.2, 0.25) is 10.0 Å². The lowest BCUT2D eigenvalue weighted by atomic mass is 10.1. The highest BCUT2D eigenvalue weighted by Crippen LogP contribution is 2.28. The predicted molar refractivity (Wildman–Crippen MR) is 71.2 cm³/mol. The molecule has 21 heavy (non-hydrogen) atoms. The van der Waals surface area contributed by atoms with Crippen LogP contribution in [0.4, 0.5) is 23.2 Å². The van der Waals surface area contributed by atoms with Gasteiger partial charge in [0, 0.05) is 5.69 Å². The Bertz CT molecular complexity index is 619. The topological polar surface area (TPSA) is 72.2 Å². The van der Waals surface area contributed by atoms with Gasteiger partial charge in [0.25, 0.3) is 0 Å². The second-order valence-electron chi connectivity index (χ2n) is 4.75. The molecule has 0 saturated heterocycles. The van der Waals surface area contributed by atoms with Gasteiger partial charge in [-0.15, -0.1) is 0 Å². The van der Waals surface area contributed by atoms with Crippen LogP contribution in [-0.2, 0) is 10.0 Å². The van der Waals surface area contributed by atoms with E-state index in [1.807, 2.05) is 0 Å². The first kappa shape index (κ1) is 17.7. The number of alkyl halides is 4. The number of nitrogen functional groups attached to an aromatic ring is 1. The van der Waals surface area contributed by atoms with Gasteiger partial charge >= 0.3 is 12.3 Å². The molecule has 0 unspecified atom stereocenters. The van der Waals surface area contributed by atoms with E-state index in [0.717, 1.165) is 0 Å². The number of nitrogens with two attached hydrogens (primary N) is 1. The Morgan fingerprint density at radius 2 is 1.76 bits per heavy atom. The smallest absolute Gasteiger partial charge is 0.320 e. The number of aryl methyl sites for hydroxylation is 1. The van der Waals surface area contributed by atoms with Crippen molar-refractivity contribution in [2.24, 2.45) is 0 Å². The predicted octanol–water partition coefficient (Wildman–Crippen LogP) is 2.37. The molecule has 1 aromatic rings. The lowest BCUT2D eigenvalue weighted by Crippen LogP contribution is -2.41. The summed E-state index contributed by atoms with van der Waals surface area (Å²) in [5.74, 6) is -4.44. The van der Waals surface area contributed by atoms with E-state index in [4.69, 9.17) is 5.73 Å². The molecule has 4 nitrogen and oxygen atoms in total. The summed E-state index contributed by atoms with van der Waals surface area (Å²) in [6.45, 7) is 2.83. The van der Waals surface area contributed by atoms with Crippen LogP contribution in [0.15, 0.2) is 11.0 Å². The number of sulfonamides is 1. The van der Waals surface area contributed by atoms with Crippen molar-refractivity contribution in [3.63, 3.8) is 0 Å². The molecule has 0 bridgehead atoms. The van der Waals surface area contributed by atoms with Crippen LogP contribution in [0, 0.1) is 20.8 Å². The lowest BCUT2D eigenvalue weighted by molar-refractivity contribution is -0.122. The number of anilines is 1. The van der Waals surface area contributed by atoms with Crippen LogP contribution in [-0.4, -0.2) is 27.3 Å². The molecular weight excluding hydrogens is 312 g/mol. The third kappa shape index (κ3) is 3.65. The van der Waals surface area contributed by atoms with Gasteiger partial charge in [-0.1, -0.05) is 0 Å². The van der Waals surface area contributed by atoms with Crippen LogP contribution in [0.2, 0.25) is 0 Å². The quantitative estimate of drug-likeness (QED) is 0.644. The summed E-state index contributed by atoms with van der Waals surface area (Å²) in [5.41, 5.74) is 6.91. The van der Waals surface area contributed by atoms with E-state index >= 15 is 0 Å². The van der Waals surface area contributed by atoms with Gasteiger partial charge in [0.1, 0.15) is 0 Å². The normalized spacial score (nSPS) is 13.0. The van der Waals surface area contributed by atoms with Gasteiger partial charge < -0.3 is 5.73 Å². The zero-order chi connectivity index (χ0) is 16.6. The SMILES string of the molecule is Cc1cc(N)c(C)c(S(=O)(=O)NCC(F)(F)C(F)F)c1C. The third-order valence-electron chi connectivity index (χ3n) is 3.16. The summed E-state index contributed by atoms with van der Waals surface area (Å²) in [4.78, 5) is -0.259. The average Bonchev–Trinajstić information content (AvgIpc) is 2.34. The minimum Gasteiger partial charge on any atom is -0.398 e. The van der Waals surface area contributed by atoms with E-state index in [-0.39, 0.29) is 16.1 Å². The maximum atomic E-state index is 12.9. The monoisotopic (exact) mass is 328 g/mol. The first-order chi connectivity index (χ1) is 9.40. The van der Waals surface area contributed by atoms with E-state index in [1.165, 1.54) is 18.6 Å². The Labute approximate surface area is 120 Å². The van der Waals surface area contributed by atoms with E-state index in [9.17, 15) is 26.0 Å². The standard InChI is InChI=1S/C12H16F4N2O2S/c1-6-4-9(17)8(3)10(7(6)2)21(19,20)18-5-12(15,16)11(13)14/h4,11,18H,5,17H2,1-3H3. The van der Waals surface area contributed by atoms with Gasteiger partial charge in [-0.3, -0.25) is 0 Å². The summed E-state index contributed by atoms with van der Waals surface area (Å²) in [6, 6.07) is 1.55. The van der Waals surface area contributed by atoms with E-state index in [1.54, 1.807) is 13.0 Å². The number of hydrogen-bond donors (Lipinski definition) is 2. The van der Waals surface area contributed by atoms with Gasteiger partial charge in [-0.05, 0) is 43.5 Å². The third-order valence-corrected chi connectivity index (χ3v) is 4.84. The molecule has 0 amide bonds. The fraction of sp³-hybridized carbons (Fsp3) is 0.500. The van der Waals surface area contributed by atoms with Gasteiger partial charge in [0.15, 0.2) is 0 Å². The molecular formula is C12H16F4N2O2S. The van der Waals surface area contributed by atoms with E-state index in [0.29, 0.717) is 11.1 Å². The van der Waals surface area contributed by atoms with Crippen molar-refractivity contribution in [1.82, 2.24) is 4.72 Å². The van der Waals surface area contributed by atoms with Crippen molar-refractivity contribution in [3.05, 3.63) is 22.8 Å². The Morgan fingerprint density at radius 3 is 2.24 bits per heavy atom. The minimum absolute atomic E-state index is 0.180. The summed E-state index contributed by atoms with van der Waals surface area (Å²) in [7, 11) is -4.38. The molecule has 3 N–H and O–H groups in total. The maximum Gasteiger partial charge on any atom is 0.320 e. The number of rotatable bonds is 5. The van der Waals surface area contributed by atoms with Gasteiger partial charge in [-0.25, -0.2) is 21.9 Å². The summed E-state index contributed by atoms with van der Waals surface area (Å²) in [6.07, 6.45) is -3.95. The Balaban J connectivity index is 3.22. The van der Waals surface area contributed by atoms with Crippen molar-refractivity contribution in [2.45, 2.75) is 38.0 Å². The van der Waals surface area contributed by atoms with Crippen LogP contribution in [0.25, 0.3) is 0 Å². The molecule has 0 radical (unpaired) electrons. The average molecular weight is 328 g/mol. The molecule has 0 heterocycles. The van der Waals surface area contributed by atoms with Crippen LogP contribution in [0.3, 0.4) is 0 Å². The number of halogens is 4. The lowest BCUT2D eigenvalue weighted by Gasteiger charge is -2.19. The van der Waals surface area contributed by atoms with Crippen LogP contribution in [0.1, 0.15) is 16.7 Å². The van der Waals surface area contributed by atoms with Crippen molar-refractivity contribution < 1.29 is 26.0 Å². The fourth-order valence-electron chi connectivity index (χ4n) is 1.78. The molecule has 0 aliphatic heterocycles. The van der Waals surface area contributed by atoms with E-state index < -0.39 is 28.9 Å². The molecule has 0 aromatic heterocycles. The molecule has 1 rings (SSSR count). The summed E-state index contributed by atoms with van der Waals surface area (Å²) < 4.78 is 75.6. The fourth-order valence-corrected chi connectivity index (χ4v) is 3.40. The molecule has 0 aliphatic carbocycles. The van der Waals surface area contributed by atoms with Crippen LogP contribution in [0.5, 0.6) is 0 Å². The highest BCUT2D eigenvalue weighted by Gasteiger charge is 2.42. The highest BCUT2D eigenvalue weighted by molar-refractivity contribution is 7.89. The zero-order valence-corrected chi connectivity index (χ0v) is 12.5. The number of hydrogen-bond acceptors (Lipinski definition) is 3. The molecule has 0 atom stereocenters. The first-order valence-corrected chi connectivity index (χ1v) is 7.40. The Morgan fingerprint density at radius 1 is 1.24 bits per heavy atom. The van der Waals surface area contributed by atoms with Crippen molar-refractivity contribution in [1.29, 1.82) is 0 Å². The maximum absolute atomic E-state index is 12.9. The summed E-state index contributed by atoms with van der Waals surface area (Å²) in [5, 5.41) is 0. The molecule has 0 aliphatic rings. The van der Waals surface area contributed by atoms with Crippen molar-refractivity contribution in [3.8, 4) is 0 Å². The number of nitrogens with one attached hydrogen (secondary N) is 1. The van der Waals surface area contributed by atoms with Gasteiger partial charge in [-0.2, -0.15) is 8.78 Å². The minimum atomic E-state index is -4.44. The zero-order valence-electron chi connectivity index (χ0n) is 11.7. The molecule has 0 spiro atoms. The molecule has 120 valence electrons. The van der Waals surface area contributed by atoms with Crippen molar-refractivity contribution >= 4 is 15.7 Å². The van der Waals surface area contributed by atoms with Gasteiger partial charge in [0.05, 0.1) is 11.4 Å². The largest absolute Gasteiger partial charge is 0.398 e. The number of benzene rings is 1. The van der Waals surface area contributed by atoms with Crippen molar-refractivity contribution in [2.75, 3.05) is 12.3 Å². The Kier molecular flexibility index (Phi) is 4.89. The molecule has 0 fully saturated rings. The van der Waals surface area contributed by atoms with Crippen LogP contribution < -0.4 is 10.5 Å². The summed E-state index contributed by atoms with van der Waals surface area (Å²) >= 11 is 0. The second kappa shape index (κ2) is 5.80. The Hall–Kier alpha value is -1.35.